The summed E-state index contributed by atoms with van der Waals surface area (Å²) in [5.74, 6) is 3.52. The van der Waals surface area contributed by atoms with Crippen LogP contribution in [0.3, 0.4) is 0 Å². The maximum atomic E-state index is 12.6. The molecule has 1 aliphatic heterocycles. The summed E-state index contributed by atoms with van der Waals surface area (Å²) in [4.78, 5) is 23.8. The van der Waals surface area contributed by atoms with E-state index in [1.807, 2.05) is 13.0 Å². The predicted molar refractivity (Wildman–Crippen MR) is 115 cm³/mol. The van der Waals surface area contributed by atoms with Crippen molar-refractivity contribution in [2.45, 2.75) is 19.8 Å². The van der Waals surface area contributed by atoms with Crippen molar-refractivity contribution in [1.82, 2.24) is 15.3 Å². The van der Waals surface area contributed by atoms with Gasteiger partial charge >= 0.3 is 0 Å². The largest absolute Gasteiger partial charge is 0.493 e. The lowest BCUT2D eigenvalue weighted by Crippen LogP contribution is -2.29. The number of amides is 1. The van der Waals surface area contributed by atoms with Crippen molar-refractivity contribution in [3.8, 4) is 17.2 Å². The van der Waals surface area contributed by atoms with Gasteiger partial charge in [0.25, 0.3) is 5.91 Å². The summed E-state index contributed by atoms with van der Waals surface area (Å²) in [5, 5.41) is 6.14. The minimum Gasteiger partial charge on any atom is -0.493 e. The lowest BCUT2D eigenvalue weighted by Gasteiger charge is -2.18. The zero-order valence-electron chi connectivity index (χ0n) is 17.9. The van der Waals surface area contributed by atoms with Crippen molar-refractivity contribution in [3.05, 3.63) is 29.6 Å². The topological polar surface area (TPSA) is 97.8 Å². The zero-order chi connectivity index (χ0) is 21.5. The summed E-state index contributed by atoms with van der Waals surface area (Å²) in [6.07, 6.45) is 2.39. The molecule has 1 aromatic heterocycles. The average molecular weight is 415 g/mol. The molecule has 2 heterocycles. The average Bonchev–Trinajstić information content (AvgIpc) is 3.30. The van der Waals surface area contributed by atoms with Gasteiger partial charge in [-0.05, 0) is 31.9 Å². The molecular weight excluding hydrogens is 386 g/mol. The Balaban J connectivity index is 1.57. The van der Waals surface area contributed by atoms with E-state index in [4.69, 9.17) is 14.2 Å². The number of methoxy groups -OCH3 is 3. The first-order chi connectivity index (χ1) is 14.5. The van der Waals surface area contributed by atoms with Gasteiger partial charge < -0.3 is 29.7 Å². The van der Waals surface area contributed by atoms with Crippen molar-refractivity contribution < 1.29 is 19.0 Å². The Morgan fingerprint density at radius 2 is 1.67 bits per heavy atom. The molecule has 0 radical (unpaired) electrons. The van der Waals surface area contributed by atoms with Gasteiger partial charge in [-0.3, -0.25) is 4.79 Å². The third-order valence-electron chi connectivity index (χ3n) is 4.90. The van der Waals surface area contributed by atoms with E-state index in [0.717, 1.165) is 30.5 Å². The molecule has 162 valence electrons. The molecule has 0 atom stereocenters. The van der Waals surface area contributed by atoms with E-state index >= 15 is 0 Å². The van der Waals surface area contributed by atoms with Crippen LogP contribution in [0, 0.1) is 6.92 Å². The molecule has 0 spiro atoms. The fourth-order valence-corrected chi connectivity index (χ4v) is 3.43. The minimum atomic E-state index is -0.229. The number of nitrogens with zero attached hydrogens (tertiary/aromatic N) is 3. The summed E-state index contributed by atoms with van der Waals surface area (Å²) in [6.45, 7) is 4.90. The molecule has 1 aromatic carbocycles. The molecule has 1 amide bonds. The number of carbonyl (C=O) groups is 1. The molecule has 9 heteroatoms. The SMILES string of the molecule is COc1cc(C(=O)NCCNc2cc(N3CCCC3)nc(C)n2)cc(OC)c1OC. The third kappa shape index (κ3) is 5.03. The van der Waals surface area contributed by atoms with Gasteiger partial charge in [0.1, 0.15) is 17.5 Å². The van der Waals surface area contributed by atoms with E-state index in [-0.39, 0.29) is 5.91 Å². The molecule has 0 saturated carbocycles. The number of rotatable bonds is 9. The van der Waals surface area contributed by atoms with Crippen LogP contribution >= 0.6 is 0 Å². The molecule has 0 bridgehead atoms. The third-order valence-corrected chi connectivity index (χ3v) is 4.90. The van der Waals surface area contributed by atoms with Crippen LogP contribution in [0.1, 0.15) is 29.0 Å². The number of hydrogen-bond acceptors (Lipinski definition) is 8. The van der Waals surface area contributed by atoms with Crippen LogP contribution in [0.5, 0.6) is 17.2 Å². The van der Waals surface area contributed by atoms with Crippen molar-refractivity contribution in [1.29, 1.82) is 0 Å². The number of anilines is 2. The molecule has 30 heavy (non-hydrogen) atoms. The minimum absolute atomic E-state index is 0.229. The molecule has 1 fully saturated rings. The lowest BCUT2D eigenvalue weighted by atomic mass is 10.1. The van der Waals surface area contributed by atoms with E-state index in [1.54, 1.807) is 12.1 Å². The molecule has 0 unspecified atom stereocenters. The van der Waals surface area contributed by atoms with E-state index < -0.39 is 0 Å². The highest BCUT2D eigenvalue weighted by atomic mass is 16.5. The number of ether oxygens (including phenoxy) is 3. The van der Waals surface area contributed by atoms with E-state index in [2.05, 4.69) is 25.5 Å². The molecule has 3 rings (SSSR count). The first kappa shape index (κ1) is 21.5. The van der Waals surface area contributed by atoms with Crippen LogP contribution in [-0.2, 0) is 0 Å². The highest BCUT2D eigenvalue weighted by Gasteiger charge is 2.17. The maximum absolute atomic E-state index is 12.6. The van der Waals surface area contributed by atoms with Crippen molar-refractivity contribution in [2.75, 3.05) is 57.7 Å². The van der Waals surface area contributed by atoms with Gasteiger partial charge in [0.05, 0.1) is 21.3 Å². The number of nitrogens with one attached hydrogen (secondary N) is 2. The summed E-state index contributed by atoms with van der Waals surface area (Å²) in [7, 11) is 4.56. The number of carbonyl (C=O) groups excluding carboxylic acids is 1. The van der Waals surface area contributed by atoms with E-state index in [1.165, 1.54) is 34.2 Å². The van der Waals surface area contributed by atoms with Crippen LogP contribution in [0.15, 0.2) is 18.2 Å². The monoisotopic (exact) mass is 415 g/mol. The van der Waals surface area contributed by atoms with E-state index in [9.17, 15) is 4.79 Å². The van der Waals surface area contributed by atoms with Crippen molar-refractivity contribution >= 4 is 17.5 Å². The Labute approximate surface area is 176 Å². The van der Waals surface area contributed by atoms with Gasteiger partial charge in [-0.2, -0.15) is 0 Å². The van der Waals surface area contributed by atoms with Gasteiger partial charge in [0.2, 0.25) is 5.75 Å². The van der Waals surface area contributed by atoms with Crippen molar-refractivity contribution in [2.24, 2.45) is 0 Å². The van der Waals surface area contributed by atoms with Crippen LogP contribution in [0.25, 0.3) is 0 Å². The first-order valence-electron chi connectivity index (χ1n) is 9.98. The Hall–Kier alpha value is -3.23. The maximum Gasteiger partial charge on any atom is 0.251 e. The normalized spacial score (nSPS) is 13.1. The Bertz CT molecular complexity index is 859. The Kier molecular flexibility index (Phi) is 7.16. The second kappa shape index (κ2) is 10.00. The van der Waals surface area contributed by atoms with Gasteiger partial charge in [-0.15, -0.1) is 0 Å². The van der Waals surface area contributed by atoms with Gasteiger partial charge in [0, 0.05) is 37.8 Å². The number of aromatic nitrogens is 2. The molecular formula is C21H29N5O4. The number of aryl methyl sites for hydroxylation is 1. The molecule has 2 aromatic rings. The highest BCUT2D eigenvalue weighted by molar-refractivity contribution is 5.95. The summed E-state index contributed by atoms with van der Waals surface area (Å²) < 4.78 is 15.9. The fourth-order valence-electron chi connectivity index (χ4n) is 3.43. The number of benzene rings is 1. The standard InChI is InChI=1S/C21H29N5O4/c1-14-24-18(13-19(25-14)26-9-5-6-10-26)22-7-8-23-21(27)15-11-16(28-2)20(30-4)17(12-15)29-3/h11-13H,5-10H2,1-4H3,(H,23,27)(H,22,24,25). The molecule has 0 aliphatic carbocycles. The lowest BCUT2D eigenvalue weighted by molar-refractivity contribution is 0.0954. The summed E-state index contributed by atoms with van der Waals surface area (Å²) in [5.41, 5.74) is 0.429. The second-order valence-electron chi connectivity index (χ2n) is 6.95. The molecule has 9 nitrogen and oxygen atoms in total. The van der Waals surface area contributed by atoms with Crippen LogP contribution in [0.4, 0.5) is 11.6 Å². The van der Waals surface area contributed by atoms with Crippen LogP contribution < -0.4 is 29.7 Å². The molecule has 1 aliphatic rings. The second-order valence-corrected chi connectivity index (χ2v) is 6.95. The zero-order valence-corrected chi connectivity index (χ0v) is 17.9. The summed E-state index contributed by atoms with van der Waals surface area (Å²) >= 11 is 0. The quantitative estimate of drug-likeness (QED) is 0.602. The van der Waals surface area contributed by atoms with Gasteiger partial charge in [-0.25, -0.2) is 9.97 Å². The van der Waals surface area contributed by atoms with Crippen LogP contribution in [0.2, 0.25) is 0 Å². The van der Waals surface area contributed by atoms with Crippen molar-refractivity contribution in [3.63, 3.8) is 0 Å². The molecule has 1 saturated heterocycles. The highest BCUT2D eigenvalue weighted by Crippen LogP contribution is 2.38. The van der Waals surface area contributed by atoms with Gasteiger partial charge in [0.15, 0.2) is 11.5 Å². The predicted octanol–water partition coefficient (Wildman–Crippen LogP) is 2.25. The first-order valence-corrected chi connectivity index (χ1v) is 9.98. The smallest absolute Gasteiger partial charge is 0.251 e. The Morgan fingerprint density at radius 3 is 2.27 bits per heavy atom. The van der Waals surface area contributed by atoms with Crippen LogP contribution in [-0.4, -0.2) is 63.4 Å². The molecule has 2 N–H and O–H groups in total. The van der Waals surface area contributed by atoms with Gasteiger partial charge in [-0.1, -0.05) is 0 Å². The van der Waals surface area contributed by atoms with E-state index in [0.29, 0.717) is 35.9 Å². The number of hydrogen-bond donors (Lipinski definition) is 2. The summed E-state index contributed by atoms with van der Waals surface area (Å²) in [6, 6.07) is 5.21. The fraction of sp³-hybridized carbons (Fsp3) is 0.476. The Morgan fingerprint density at radius 1 is 1.00 bits per heavy atom.